The van der Waals surface area contributed by atoms with Gasteiger partial charge in [0.05, 0.1) is 17.9 Å². The van der Waals surface area contributed by atoms with Crippen LogP contribution in [0.25, 0.3) is 11.1 Å². The van der Waals surface area contributed by atoms with Crippen LogP contribution in [-0.2, 0) is 11.3 Å². The van der Waals surface area contributed by atoms with E-state index < -0.39 is 0 Å². The van der Waals surface area contributed by atoms with E-state index in [1.54, 1.807) is 17.3 Å². The third-order valence-electron chi connectivity index (χ3n) is 5.14. The van der Waals surface area contributed by atoms with Crippen molar-refractivity contribution < 1.29 is 9.53 Å². The van der Waals surface area contributed by atoms with Gasteiger partial charge in [-0.3, -0.25) is 14.7 Å². The van der Waals surface area contributed by atoms with E-state index >= 15 is 0 Å². The number of carbonyl (C=O) groups is 1. The smallest absolute Gasteiger partial charge is 0.265 e. The highest BCUT2D eigenvalue weighted by atomic mass is 35.5. The van der Waals surface area contributed by atoms with Crippen LogP contribution in [0.3, 0.4) is 0 Å². The van der Waals surface area contributed by atoms with E-state index in [0.29, 0.717) is 23.1 Å². The van der Waals surface area contributed by atoms with Crippen LogP contribution in [0.2, 0.25) is 5.02 Å². The first-order chi connectivity index (χ1) is 15.7. The van der Waals surface area contributed by atoms with E-state index in [2.05, 4.69) is 15.3 Å². The minimum atomic E-state index is -0.0988. The first-order valence-electron chi connectivity index (χ1n) is 10.1. The summed E-state index contributed by atoms with van der Waals surface area (Å²) in [6.45, 7) is 0.402. The zero-order valence-electron chi connectivity index (χ0n) is 17.0. The molecule has 2 aromatic carbocycles. The highest BCUT2D eigenvalue weighted by molar-refractivity contribution is 6.30. The lowest BCUT2D eigenvalue weighted by Crippen LogP contribution is -2.38. The number of anilines is 3. The quantitative estimate of drug-likeness (QED) is 0.444. The van der Waals surface area contributed by atoms with Crippen LogP contribution in [0.5, 0.6) is 5.75 Å². The Morgan fingerprint density at radius 3 is 2.69 bits per heavy atom. The van der Waals surface area contributed by atoms with Crippen LogP contribution in [-0.4, -0.2) is 22.5 Å². The molecule has 0 radical (unpaired) electrons. The fourth-order valence-corrected chi connectivity index (χ4v) is 3.79. The molecule has 1 aliphatic heterocycles. The Hall–Kier alpha value is -3.90. The minimum absolute atomic E-state index is 0.0160. The third kappa shape index (κ3) is 4.26. The maximum absolute atomic E-state index is 12.6. The molecule has 32 heavy (non-hydrogen) atoms. The van der Waals surface area contributed by atoms with E-state index in [-0.39, 0.29) is 12.5 Å². The molecule has 4 aromatic rings. The van der Waals surface area contributed by atoms with Crippen molar-refractivity contribution in [3.63, 3.8) is 0 Å². The topological polar surface area (TPSA) is 67.3 Å². The number of amides is 1. The first kappa shape index (κ1) is 20.0. The summed E-state index contributed by atoms with van der Waals surface area (Å²) in [6, 6.07) is 22.9. The number of halogens is 1. The van der Waals surface area contributed by atoms with Gasteiger partial charge >= 0.3 is 0 Å². The number of nitrogens with one attached hydrogen (secondary N) is 1. The largest absolute Gasteiger partial charge is 0.482 e. The molecule has 5 rings (SSSR count). The molecule has 0 atom stereocenters. The van der Waals surface area contributed by atoms with Crippen molar-refractivity contribution in [2.24, 2.45) is 0 Å². The van der Waals surface area contributed by atoms with E-state index in [1.807, 2.05) is 72.8 Å². The van der Waals surface area contributed by atoms with Gasteiger partial charge in [-0.25, -0.2) is 4.98 Å². The summed E-state index contributed by atoms with van der Waals surface area (Å²) in [5.74, 6) is 1.27. The van der Waals surface area contributed by atoms with Crippen LogP contribution >= 0.6 is 11.6 Å². The Bertz CT molecular complexity index is 1280. The van der Waals surface area contributed by atoms with Crippen LogP contribution in [0.1, 0.15) is 5.69 Å². The van der Waals surface area contributed by atoms with Gasteiger partial charge in [-0.1, -0.05) is 29.8 Å². The average molecular weight is 443 g/mol. The van der Waals surface area contributed by atoms with Crippen LogP contribution < -0.4 is 15.0 Å². The molecule has 0 unspecified atom stereocenters. The van der Waals surface area contributed by atoms with Gasteiger partial charge in [0.25, 0.3) is 5.91 Å². The number of benzene rings is 2. The molecule has 1 amide bonds. The van der Waals surface area contributed by atoms with Crippen LogP contribution in [0.4, 0.5) is 17.2 Å². The number of carbonyl (C=O) groups excluding carboxylic acids is 1. The molecular weight excluding hydrogens is 424 g/mol. The number of fused-ring (bicyclic) bond motifs is 1. The SMILES string of the molecule is O=C1COc2ccc(-c3ccnc(Nc4cccc(Cl)c4)c3)cc2N1Cc1ccccn1. The van der Waals surface area contributed by atoms with Crippen LogP contribution in [0, 0.1) is 0 Å². The number of pyridine rings is 2. The Morgan fingerprint density at radius 2 is 1.84 bits per heavy atom. The normalized spacial score (nSPS) is 12.8. The highest BCUT2D eigenvalue weighted by Gasteiger charge is 2.26. The maximum atomic E-state index is 12.6. The summed E-state index contributed by atoms with van der Waals surface area (Å²) >= 11 is 6.08. The van der Waals surface area contributed by atoms with Crippen molar-refractivity contribution in [2.45, 2.75) is 6.54 Å². The molecule has 3 heterocycles. The minimum Gasteiger partial charge on any atom is -0.482 e. The highest BCUT2D eigenvalue weighted by Crippen LogP contribution is 2.37. The van der Waals surface area contributed by atoms with Gasteiger partial charge in [0.15, 0.2) is 6.61 Å². The number of aromatic nitrogens is 2. The summed E-state index contributed by atoms with van der Waals surface area (Å²) in [4.78, 5) is 23.1. The zero-order valence-corrected chi connectivity index (χ0v) is 17.8. The lowest BCUT2D eigenvalue weighted by Gasteiger charge is -2.29. The van der Waals surface area contributed by atoms with Gasteiger partial charge in [0, 0.05) is 23.1 Å². The molecule has 0 saturated carbocycles. The average Bonchev–Trinajstić information content (AvgIpc) is 2.81. The predicted octanol–water partition coefficient (Wildman–Crippen LogP) is 5.47. The molecule has 0 saturated heterocycles. The fraction of sp³-hybridized carbons (Fsp3) is 0.0800. The van der Waals surface area contributed by atoms with Gasteiger partial charge in [-0.15, -0.1) is 0 Å². The van der Waals surface area contributed by atoms with Gasteiger partial charge in [-0.2, -0.15) is 0 Å². The van der Waals surface area contributed by atoms with Gasteiger partial charge < -0.3 is 10.1 Å². The molecular formula is C25H19ClN4O2. The van der Waals surface area contributed by atoms with Crippen LogP contribution in [0.15, 0.2) is 85.2 Å². The van der Waals surface area contributed by atoms with Gasteiger partial charge in [0.2, 0.25) is 0 Å². The fourth-order valence-electron chi connectivity index (χ4n) is 3.60. The maximum Gasteiger partial charge on any atom is 0.265 e. The number of hydrogen-bond acceptors (Lipinski definition) is 5. The second-order valence-corrected chi connectivity index (χ2v) is 7.77. The summed E-state index contributed by atoms with van der Waals surface area (Å²) < 4.78 is 5.66. The summed E-state index contributed by atoms with van der Waals surface area (Å²) in [6.07, 6.45) is 3.47. The molecule has 2 aromatic heterocycles. The molecule has 1 N–H and O–H groups in total. The molecule has 0 aliphatic carbocycles. The van der Waals surface area contributed by atoms with E-state index in [4.69, 9.17) is 16.3 Å². The van der Waals surface area contributed by atoms with Crippen molar-refractivity contribution in [1.29, 1.82) is 0 Å². The Morgan fingerprint density at radius 1 is 0.938 bits per heavy atom. The van der Waals surface area contributed by atoms with E-state index in [1.165, 1.54) is 0 Å². The molecule has 0 fully saturated rings. The van der Waals surface area contributed by atoms with E-state index in [0.717, 1.165) is 28.2 Å². The molecule has 0 bridgehead atoms. The molecule has 7 heteroatoms. The van der Waals surface area contributed by atoms with Crippen molar-refractivity contribution in [3.8, 4) is 16.9 Å². The summed E-state index contributed by atoms with van der Waals surface area (Å²) in [5.41, 5.74) is 4.31. The standard InChI is InChI=1S/C25H19ClN4O2/c26-19-4-3-6-20(14-19)29-24-13-18(9-11-28-24)17-7-8-23-22(12-17)30(25(31)16-32-23)15-21-5-1-2-10-27-21/h1-14H,15-16H2,(H,28,29). The molecule has 0 spiro atoms. The molecule has 1 aliphatic rings. The Labute approximate surface area is 190 Å². The lowest BCUT2D eigenvalue weighted by molar-refractivity contribution is -0.121. The first-order valence-corrected chi connectivity index (χ1v) is 10.5. The molecule has 158 valence electrons. The van der Waals surface area contributed by atoms with E-state index in [9.17, 15) is 4.79 Å². The number of nitrogens with zero attached hydrogens (tertiary/aromatic N) is 3. The van der Waals surface area contributed by atoms with Crippen molar-refractivity contribution in [1.82, 2.24) is 9.97 Å². The predicted molar refractivity (Wildman–Crippen MR) is 125 cm³/mol. The van der Waals surface area contributed by atoms with Crippen molar-refractivity contribution >= 4 is 34.7 Å². The summed E-state index contributed by atoms with van der Waals surface area (Å²) in [7, 11) is 0. The second kappa shape index (κ2) is 8.69. The monoisotopic (exact) mass is 442 g/mol. The second-order valence-electron chi connectivity index (χ2n) is 7.34. The zero-order chi connectivity index (χ0) is 21.9. The van der Waals surface area contributed by atoms with Crippen molar-refractivity contribution in [3.05, 3.63) is 95.9 Å². The van der Waals surface area contributed by atoms with Gasteiger partial charge in [0.1, 0.15) is 11.6 Å². The number of hydrogen-bond donors (Lipinski definition) is 1. The lowest BCUT2D eigenvalue weighted by atomic mass is 10.0. The third-order valence-corrected chi connectivity index (χ3v) is 5.37. The number of ether oxygens (including phenoxy) is 1. The molecule has 6 nitrogen and oxygen atoms in total. The van der Waals surface area contributed by atoms with Gasteiger partial charge in [-0.05, 0) is 65.7 Å². The summed E-state index contributed by atoms with van der Waals surface area (Å²) in [5, 5.41) is 3.92. The van der Waals surface area contributed by atoms with Crippen molar-refractivity contribution in [2.75, 3.05) is 16.8 Å². The Balaban J connectivity index is 1.46. The number of rotatable bonds is 5. The Kier molecular flexibility index (Phi) is 5.44.